The first-order chi connectivity index (χ1) is 34.9. The van der Waals surface area contributed by atoms with Crippen LogP contribution >= 0.6 is 11.3 Å². The van der Waals surface area contributed by atoms with Crippen LogP contribution in [-0.2, 0) is 49.0 Å². The largest absolute Gasteiger partial charge is 0.476 e. The summed E-state index contributed by atoms with van der Waals surface area (Å²) in [5.41, 5.74) is 4.05. The summed E-state index contributed by atoms with van der Waals surface area (Å²) in [7, 11) is -7.71. The number of nitrogens with zero attached hydrogens (tertiary/aromatic N) is 6. The molecule has 3 unspecified atom stereocenters. The number of hydrogen-bond acceptors (Lipinski definition) is 13. The number of amides is 2. The quantitative estimate of drug-likeness (QED) is 0.0433. The van der Waals surface area contributed by atoms with E-state index in [2.05, 4.69) is 44.6 Å². The van der Waals surface area contributed by atoms with Crippen molar-refractivity contribution in [1.82, 2.24) is 24.6 Å². The average Bonchev–Trinajstić information content (AvgIpc) is 3.91. The summed E-state index contributed by atoms with van der Waals surface area (Å²) in [6.07, 6.45) is 8.72. The number of hydrogen-bond donors (Lipinski definition) is 3. The summed E-state index contributed by atoms with van der Waals surface area (Å²) >= 11 is 1.41. The lowest BCUT2D eigenvalue weighted by Gasteiger charge is -2.62. The molecule has 4 heterocycles. The van der Waals surface area contributed by atoms with Gasteiger partial charge in [-0.05, 0) is 122 Å². The van der Waals surface area contributed by atoms with Crippen molar-refractivity contribution in [3.05, 3.63) is 101 Å². The van der Waals surface area contributed by atoms with Gasteiger partial charge in [-0.25, -0.2) is 23.2 Å². The number of para-hydroxylation sites is 1. The van der Waals surface area contributed by atoms with E-state index in [0.29, 0.717) is 79.4 Å². The Bertz CT molecular complexity index is 3140. The summed E-state index contributed by atoms with van der Waals surface area (Å²) in [5, 5.41) is 20.0. The van der Waals surface area contributed by atoms with Crippen LogP contribution in [0.5, 0.6) is 0 Å². The van der Waals surface area contributed by atoms with Gasteiger partial charge in [-0.2, -0.15) is 13.5 Å². The van der Waals surface area contributed by atoms with Gasteiger partial charge in [0.05, 0.1) is 40.1 Å². The number of aromatic carboxylic acids is 1. The van der Waals surface area contributed by atoms with Gasteiger partial charge < -0.3 is 19.6 Å². The minimum Gasteiger partial charge on any atom is -0.476 e. The predicted octanol–water partition coefficient (Wildman–Crippen LogP) is 9.37. The Kier molecular flexibility index (Phi) is 16.0. The molecular weight excluding hydrogens is 1000 g/mol. The van der Waals surface area contributed by atoms with Crippen molar-refractivity contribution in [1.29, 1.82) is 0 Å². The number of rotatable bonds is 22. The number of thiazole rings is 1. The molecule has 5 aromatic rings. The first-order valence-electron chi connectivity index (χ1n) is 25.4. The van der Waals surface area contributed by atoms with Crippen LogP contribution in [0.2, 0.25) is 0 Å². The Labute approximate surface area is 438 Å². The molecule has 0 spiro atoms. The van der Waals surface area contributed by atoms with Gasteiger partial charge in [-0.15, -0.1) is 0 Å². The third kappa shape index (κ3) is 12.7. The molecule has 3 N–H and O–H groups in total. The molecule has 0 saturated heterocycles. The molecule has 17 nitrogen and oxygen atoms in total. The predicted molar refractivity (Wildman–Crippen MR) is 288 cm³/mol. The molecule has 2 aliphatic carbocycles. The van der Waals surface area contributed by atoms with Crippen LogP contribution in [0.25, 0.3) is 21.3 Å². The molecule has 1 aliphatic heterocycles. The number of carbonyl (C=O) groups excluding carboxylic acids is 2. The zero-order valence-corrected chi connectivity index (χ0v) is 45.5. The second-order valence-corrected chi connectivity index (χ2v) is 26.7. The summed E-state index contributed by atoms with van der Waals surface area (Å²) in [4.78, 5) is 53.1. The minimum absolute atomic E-state index is 0.0556. The van der Waals surface area contributed by atoms with E-state index in [1.54, 1.807) is 18.3 Å². The molecule has 2 fully saturated rings. The van der Waals surface area contributed by atoms with E-state index in [9.17, 15) is 40.9 Å². The van der Waals surface area contributed by atoms with E-state index in [-0.39, 0.29) is 65.6 Å². The van der Waals surface area contributed by atoms with E-state index in [1.165, 1.54) is 16.2 Å². The summed E-state index contributed by atoms with van der Waals surface area (Å²) < 4.78 is 66.9. The lowest BCUT2D eigenvalue weighted by atomic mass is 9.47. The molecule has 398 valence electrons. The Morgan fingerprint density at radius 2 is 1.70 bits per heavy atom. The second-order valence-electron chi connectivity index (χ2n) is 22.0. The number of nitrogens with one attached hydrogen (secondary N) is 1. The maximum atomic E-state index is 13.7. The summed E-state index contributed by atoms with van der Waals surface area (Å²) in [6, 6.07) is 17.1. The smallest absolute Gasteiger partial charge is 0.355 e. The fourth-order valence-electron chi connectivity index (χ4n) is 12.8. The molecule has 8 rings (SSSR count). The maximum Gasteiger partial charge on any atom is 0.355 e. The number of pyridine rings is 1. The van der Waals surface area contributed by atoms with Crippen molar-refractivity contribution >= 4 is 70.2 Å². The molecule has 0 radical (unpaired) electrons. The molecule has 3 atom stereocenters. The standard InChI is InChI=1S/C54H69N7O10S3/c1-7-53(33-52(6)31-51(4,5)32-54(34-52,35-53)71-26-24-59(25-28-74(68,69)70)46(62)19-10-9-13-27-73(66,67)8-2)36-61-37(3)41(29-55-61)39-20-21-45(57-47(39)49(64)65)60-23-22-38-15-14-16-40(42(38)30-60)48(63)58-50-56-43-17-11-12-18-44(43)72-50/h8,11-12,14-18,20-21,29H,2,7,9-10,13,19,22-28,30-36H2,1,3-6H3,(H,64,65)(H,56,58,63)(H,68,69,70). The van der Waals surface area contributed by atoms with Gasteiger partial charge >= 0.3 is 5.97 Å². The van der Waals surface area contributed by atoms with Gasteiger partial charge in [0.2, 0.25) is 5.91 Å². The lowest BCUT2D eigenvalue weighted by molar-refractivity contribution is -0.199. The van der Waals surface area contributed by atoms with Crippen LogP contribution in [0.3, 0.4) is 0 Å². The third-order valence-electron chi connectivity index (χ3n) is 15.3. The van der Waals surface area contributed by atoms with Crippen molar-refractivity contribution < 1.29 is 45.6 Å². The first kappa shape index (κ1) is 54.7. The maximum absolute atomic E-state index is 13.7. The highest BCUT2D eigenvalue weighted by atomic mass is 32.2. The minimum atomic E-state index is -4.36. The molecule has 3 aliphatic rings. The first-order valence-corrected chi connectivity index (χ1v) is 29.6. The van der Waals surface area contributed by atoms with Crippen LogP contribution < -0.4 is 10.2 Å². The Morgan fingerprint density at radius 1 is 0.919 bits per heavy atom. The number of aromatic nitrogens is 4. The number of fused-ring (bicyclic) bond motifs is 4. The molecule has 3 aromatic heterocycles. The summed E-state index contributed by atoms with van der Waals surface area (Å²) in [6.45, 7) is 15.9. The number of benzene rings is 2. The van der Waals surface area contributed by atoms with E-state index >= 15 is 0 Å². The van der Waals surface area contributed by atoms with Gasteiger partial charge in [0, 0.05) is 66.9 Å². The van der Waals surface area contributed by atoms with E-state index in [4.69, 9.17) is 14.8 Å². The monoisotopic (exact) mass is 1070 g/mol. The Morgan fingerprint density at radius 3 is 2.43 bits per heavy atom. The topological polar surface area (TPSA) is 231 Å². The van der Waals surface area contributed by atoms with Gasteiger partial charge in [0.15, 0.2) is 20.7 Å². The lowest BCUT2D eigenvalue weighted by Crippen LogP contribution is -2.58. The molecule has 20 heteroatoms. The highest BCUT2D eigenvalue weighted by molar-refractivity contribution is 7.94. The molecular formula is C54H69N7O10S3. The van der Waals surface area contributed by atoms with Crippen LogP contribution in [-0.4, -0.2) is 112 Å². The Hall–Kier alpha value is -5.54. The van der Waals surface area contributed by atoms with Crippen LogP contribution in [0.15, 0.2) is 72.8 Å². The normalized spacial score (nSPS) is 21.5. The van der Waals surface area contributed by atoms with Gasteiger partial charge in [0.1, 0.15) is 5.82 Å². The van der Waals surface area contributed by atoms with Gasteiger partial charge in [0.25, 0.3) is 16.0 Å². The van der Waals surface area contributed by atoms with E-state index in [1.807, 2.05) is 59.0 Å². The summed E-state index contributed by atoms with van der Waals surface area (Å²) in [5.74, 6) is -1.91. The van der Waals surface area contributed by atoms with E-state index < -0.39 is 37.3 Å². The third-order valence-corrected chi connectivity index (χ3v) is 18.4. The molecule has 2 bridgehead atoms. The van der Waals surface area contributed by atoms with Crippen molar-refractivity contribution in [3.8, 4) is 11.1 Å². The van der Waals surface area contributed by atoms with Crippen LogP contribution in [0, 0.1) is 23.2 Å². The van der Waals surface area contributed by atoms with Crippen molar-refractivity contribution in [2.45, 2.75) is 124 Å². The van der Waals surface area contributed by atoms with E-state index in [0.717, 1.165) is 64.5 Å². The van der Waals surface area contributed by atoms with Crippen LogP contribution in [0.4, 0.5) is 10.9 Å². The number of ether oxygens (including phenoxy) is 1. The molecule has 74 heavy (non-hydrogen) atoms. The number of carboxylic acid groups (broad SMARTS) is 1. The van der Waals surface area contributed by atoms with Crippen LogP contribution in [0.1, 0.15) is 130 Å². The second kappa shape index (κ2) is 21.6. The molecule has 2 aromatic carbocycles. The number of anilines is 2. The fourth-order valence-corrected chi connectivity index (χ4v) is 14.8. The van der Waals surface area contributed by atoms with Gasteiger partial charge in [-0.3, -0.25) is 24.1 Å². The SMILES string of the molecule is C=CS(=O)(=O)CCCCCC(=O)N(CCOC12CC(C)(C)CC(C)(CC(CC)(Cn3ncc(-c4ccc(N5CCc6cccc(C(=O)Nc7nc8ccccc8s7)c6C5)nc4C(=O)O)c3C)C1)C2)CCS(=O)(=O)O. The molecule has 2 saturated carbocycles. The number of unbranched alkanes of at least 4 members (excludes halogenated alkanes) is 2. The highest BCUT2D eigenvalue weighted by Crippen LogP contribution is 2.64. The zero-order chi connectivity index (χ0) is 53.3. The van der Waals surface area contributed by atoms with Crippen molar-refractivity contribution in [2.24, 2.45) is 16.2 Å². The highest BCUT2D eigenvalue weighted by Gasteiger charge is 2.59. The molecule has 2 amide bonds. The zero-order valence-electron chi connectivity index (χ0n) is 43.1. The van der Waals surface area contributed by atoms with Gasteiger partial charge in [-0.1, -0.05) is 76.3 Å². The Balaban J connectivity index is 0.980. The van der Waals surface area contributed by atoms with Crippen molar-refractivity contribution in [3.63, 3.8) is 0 Å². The fraction of sp³-hybridized carbons (Fsp3) is 0.519. The number of carbonyl (C=O) groups is 3. The average molecular weight is 1070 g/mol. The van der Waals surface area contributed by atoms with Crippen molar-refractivity contribution in [2.75, 3.05) is 48.0 Å². The number of carboxylic acids is 1. The number of sulfone groups is 1.